The van der Waals surface area contributed by atoms with Gasteiger partial charge in [0.1, 0.15) is 0 Å². The molecule has 0 nitrogen and oxygen atoms in total. The second-order valence-corrected chi connectivity index (χ2v) is 3.22. The quantitative estimate of drug-likeness (QED) is 0.496. The molecule has 0 N–H and O–H groups in total. The van der Waals surface area contributed by atoms with Crippen LogP contribution in [-0.2, 0) is 0 Å². The van der Waals surface area contributed by atoms with Crippen molar-refractivity contribution in [3.05, 3.63) is 0 Å². The zero-order valence-electron chi connectivity index (χ0n) is 3.43. The Morgan fingerprint density at radius 3 is 2.00 bits per heavy atom. The van der Waals surface area contributed by atoms with Gasteiger partial charge in [0.25, 0.3) is 0 Å². The fraction of sp³-hybridized carbons (Fsp3) is 0.667. The lowest BCUT2D eigenvalue weighted by molar-refractivity contribution is 0.0934. The van der Waals surface area contributed by atoms with Crippen LogP contribution in [0.5, 0.6) is 0 Å². The summed E-state index contributed by atoms with van der Waals surface area (Å²) in [6, 6.07) is 0. The third-order valence-electron chi connectivity index (χ3n) is 0.347. The minimum atomic E-state index is -3.08. The van der Waals surface area contributed by atoms with E-state index in [4.69, 9.17) is 0 Å². The molecule has 0 atom stereocenters. The monoisotopic (exact) mass is 224 g/mol. The lowest BCUT2D eigenvalue weighted by Gasteiger charge is -2.00. The number of alkyl halides is 4. The fourth-order valence-electron chi connectivity index (χ4n) is 0.0357. The van der Waals surface area contributed by atoms with Crippen LogP contribution in [0, 0.1) is 0 Å². The SMILES string of the molecule is C=IC(F)(F)CF. The summed E-state index contributed by atoms with van der Waals surface area (Å²) < 4.78 is 33.9. The second-order valence-electron chi connectivity index (χ2n) is 0.882. The Kier molecular flexibility index (Phi) is 2.78. The van der Waals surface area contributed by atoms with Gasteiger partial charge < -0.3 is 0 Å². The Labute approximate surface area is 49.5 Å². The minimum Gasteiger partial charge on any atom is -0.244 e. The average Bonchev–Trinajstić information content (AvgIpc) is 1.68. The summed E-state index contributed by atoms with van der Waals surface area (Å²) in [5, 5.41) is 0. The molecule has 0 radical (unpaired) electrons. The molecule has 7 heavy (non-hydrogen) atoms. The van der Waals surface area contributed by atoms with Gasteiger partial charge in [0.15, 0.2) is 6.67 Å². The van der Waals surface area contributed by atoms with Crippen LogP contribution in [0.4, 0.5) is 13.2 Å². The van der Waals surface area contributed by atoms with Crippen LogP contribution in [0.1, 0.15) is 0 Å². The molecule has 0 aromatic carbocycles. The van der Waals surface area contributed by atoms with E-state index in [9.17, 15) is 13.2 Å². The smallest absolute Gasteiger partial charge is 0.244 e. The van der Waals surface area contributed by atoms with Gasteiger partial charge in [-0.25, -0.2) is 4.39 Å². The molecule has 0 aliphatic carbocycles. The van der Waals surface area contributed by atoms with Crippen molar-refractivity contribution in [2.75, 3.05) is 6.67 Å². The van der Waals surface area contributed by atoms with Gasteiger partial charge in [0.05, 0.1) is 0 Å². The molecule has 0 bridgehead atoms. The zero-order valence-corrected chi connectivity index (χ0v) is 5.58. The van der Waals surface area contributed by atoms with E-state index in [1.807, 2.05) is 0 Å². The van der Waals surface area contributed by atoms with Crippen molar-refractivity contribution in [2.24, 2.45) is 0 Å². The van der Waals surface area contributed by atoms with Crippen molar-refractivity contribution in [1.82, 2.24) is 0 Å². The van der Waals surface area contributed by atoms with Crippen molar-refractivity contribution in [1.29, 1.82) is 0 Å². The van der Waals surface area contributed by atoms with Crippen LogP contribution in [0.25, 0.3) is 0 Å². The molecule has 0 amide bonds. The van der Waals surface area contributed by atoms with Gasteiger partial charge in [-0.2, -0.15) is 8.78 Å². The molecule has 0 spiro atoms. The molecule has 0 unspecified atom stereocenters. The third-order valence-corrected chi connectivity index (χ3v) is 1.75. The summed E-state index contributed by atoms with van der Waals surface area (Å²) in [5.74, 6) is 0. The van der Waals surface area contributed by atoms with E-state index in [2.05, 4.69) is 4.51 Å². The number of hydrogen-bond donors (Lipinski definition) is 0. The van der Waals surface area contributed by atoms with Crippen LogP contribution >= 0.6 is 20.7 Å². The van der Waals surface area contributed by atoms with Crippen molar-refractivity contribution >= 4 is 25.2 Å². The van der Waals surface area contributed by atoms with E-state index in [0.717, 1.165) is 0 Å². The Hall–Kier alpha value is 0.390. The summed E-state index contributed by atoms with van der Waals surface area (Å²) in [7, 11) is 0. The first-order chi connectivity index (χ1) is 3.12. The average molecular weight is 224 g/mol. The first kappa shape index (κ1) is 7.39. The molecular formula is C3H4F3I. The van der Waals surface area contributed by atoms with E-state index >= 15 is 0 Å². The summed E-state index contributed by atoms with van der Waals surface area (Å²) in [6.07, 6.45) is 0. The van der Waals surface area contributed by atoms with E-state index in [1.54, 1.807) is 0 Å². The topological polar surface area (TPSA) is 0 Å². The summed E-state index contributed by atoms with van der Waals surface area (Å²) in [6.45, 7) is -1.55. The molecule has 0 aliphatic heterocycles. The van der Waals surface area contributed by atoms with Crippen molar-refractivity contribution < 1.29 is 13.2 Å². The Balaban J connectivity index is 3.58. The molecule has 0 fully saturated rings. The van der Waals surface area contributed by atoms with Crippen LogP contribution in [0.3, 0.4) is 0 Å². The molecule has 0 aromatic rings. The summed E-state index contributed by atoms with van der Waals surface area (Å²) >= 11 is -1.50. The molecule has 0 aromatic heterocycles. The van der Waals surface area contributed by atoms with Crippen LogP contribution in [0.2, 0.25) is 0 Å². The highest BCUT2D eigenvalue weighted by Crippen LogP contribution is 2.26. The van der Waals surface area contributed by atoms with Gasteiger partial charge in [0, 0.05) is 0 Å². The van der Waals surface area contributed by atoms with Gasteiger partial charge in [-0.3, -0.25) is 0 Å². The Bertz CT molecular complexity index is 70.6. The lowest BCUT2D eigenvalue weighted by Crippen LogP contribution is -2.07. The van der Waals surface area contributed by atoms with Gasteiger partial charge in [-0.05, 0) is 20.7 Å². The van der Waals surface area contributed by atoms with Gasteiger partial charge in [0.2, 0.25) is 0 Å². The minimum absolute atomic E-state index is 1.50. The maximum Gasteiger partial charge on any atom is 0.318 e. The van der Waals surface area contributed by atoms with Crippen molar-refractivity contribution in [2.45, 2.75) is 3.93 Å². The molecule has 4 heteroatoms. The molecule has 0 rings (SSSR count). The largest absolute Gasteiger partial charge is 0.318 e. The first-order valence-corrected chi connectivity index (χ1v) is 4.06. The predicted molar refractivity (Wildman–Crippen MR) is 32.1 cm³/mol. The molecular weight excluding hydrogens is 220 g/mol. The third kappa shape index (κ3) is 3.02. The Morgan fingerprint density at radius 1 is 1.57 bits per heavy atom. The molecule has 0 saturated carbocycles. The Morgan fingerprint density at radius 2 is 2.00 bits per heavy atom. The fourth-order valence-corrected chi connectivity index (χ4v) is 0.240. The van der Waals surface area contributed by atoms with E-state index in [-0.39, 0.29) is 0 Å². The standard InChI is InChI=1S/C3H4F3I/c1-7-3(5,6)2-4/h1-2H2. The lowest BCUT2D eigenvalue weighted by atomic mass is 10.8. The van der Waals surface area contributed by atoms with Crippen LogP contribution < -0.4 is 0 Å². The maximum absolute atomic E-state index is 11.5. The van der Waals surface area contributed by atoms with Crippen LogP contribution in [0.15, 0.2) is 0 Å². The molecule has 0 heterocycles. The second kappa shape index (κ2) is 2.64. The number of halogens is 4. The van der Waals surface area contributed by atoms with Crippen molar-refractivity contribution in [3.63, 3.8) is 0 Å². The van der Waals surface area contributed by atoms with Crippen LogP contribution in [-0.4, -0.2) is 15.1 Å². The van der Waals surface area contributed by atoms with Crippen molar-refractivity contribution in [3.8, 4) is 0 Å². The molecule has 44 valence electrons. The number of rotatable bonds is 2. The molecule has 0 saturated heterocycles. The van der Waals surface area contributed by atoms with Gasteiger partial charge in [-0.15, -0.1) is 0 Å². The molecule has 0 aliphatic rings. The van der Waals surface area contributed by atoms with Gasteiger partial charge in [-0.1, -0.05) is 4.51 Å². The normalized spacial score (nSPS) is 11.9. The highest BCUT2D eigenvalue weighted by atomic mass is 127. The maximum atomic E-state index is 11.5. The summed E-state index contributed by atoms with van der Waals surface area (Å²) in [5.41, 5.74) is 0. The zero-order chi connectivity index (χ0) is 5.91. The highest BCUT2D eigenvalue weighted by Gasteiger charge is 2.23. The predicted octanol–water partition coefficient (Wildman–Crippen LogP) is 1.95. The van der Waals surface area contributed by atoms with E-state index < -0.39 is 31.3 Å². The first-order valence-electron chi connectivity index (χ1n) is 1.46. The van der Waals surface area contributed by atoms with E-state index in [0.29, 0.717) is 0 Å². The highest BCUT2D eigenvalue weighted by molar-refractivity contribution is 14.2. The number of hydrogen-bond acceptors (Lipinski definition) is 0. The van der Waals surface area contributed by atoms with Gasteiger partial charge >= 0.3 is 3.93 Å². The summed E-state index contributed by atoms with van der Waals surface area (Å²) in [4.78, 5) is 0. The van der Waals surface area contributed by atoms with E-state index in [1.165, 1.54) is 0 Å².